The predicted octanol–water partition coefficient (Wildman–Crippen LogP) is 2.95. The molecule has 1 aliphatic carbocycles. The number of halogens is 1. The topological polar surface area (TPSA) is 44.7 Å². The van der Waals surface area contributed by atoms with Crippen molar-refractivity contribution in [2.45, 2.75) is 76.3 Å². The van der Waals surface area contributed by atoms with E-state index in [0.29, 0.717) is 17.8 Å². The summed E-state index contributed by atoms with van der Waals surface area (Å²) in [6.45, 7) is 6.73. The van der Waals surface area contributed by atoms with Crippen molar-refractivity contribution in [2.24, 2.45) is 0 Å². The van der Waals surface area contributed by atoms with Crippen LogP contribution in [0.1, 0.15) is 46.0 Å². The van der Waals surface area contributed by atoms with Gasteiger partial charge in [0.15, 0.2) is 0 Å². The number of nitrogens with zero attached hydrogens (tertiary/aromatic N) is 1. The number of benzene rings is 1. The molecule has 1 saturated heterocycles. The molecule has 3 atom stereocenters. The first-order chi connectivity index (χ1) is 12.0. The van der Waals surface area contributed by atoms with Gasteiger partial charge in [-0.15, -0.1) is 0 Å². The van der Waals surface area contributed by atoms with E-state index in [1.807, 2.05) is 0 Å². The molecule has 0 radical (unpaired) electrons. The van der Waals surface area contributed by atoms with Gasteiger partial charge in [-0.3, -0.25) is 0 Å². The number of ether oxygens (including phenoxy) is 1. The zero-order chi connectivity index (χ0) is 17.8. The Morgan fingerprint density at radius 1 is 1.12 bits per heavy atom. The average Bonchev–Trinajstić information content (AvgIpc) is 2.61. The van der Waals surface area contributed by atoms with Crippen LogP contribution in [0.4, 0.5) is 4.39 Å². The van der Waals surface area contributed by atoms with E-state index in [2.05, 4.69) is 24.1 Å². The Bertz CT molecular complexity index is 529. The number of hydrogen-bond acceptors (Lipinski definition) is 4. The van der Waals surface area contributed by atoms with Crippen molar-refractivity contribution in [2.75, 3.05) is 13.1 Å². The van der Waals surface area contributed by atoms with Crippen LogP contribution in [0.3, 0.4) is 0 Å². The van der Waals surface area contributed by atoms with Gasteiger partial charge in [-0.05, 0) is 83.3 Å². The van der Waals surface area contributed by atoms with Crippen molar-refractivity contribution in [1.82, 2.24) is 10.2 Å². The van der Waals surface area contributed by atoms with Crippen LogP contribution in [-0.2, 0) is 0 Å². The summed E-state index contributed by atoms with van der Waals surface area (Å²) in [5, 5.41) is 14.4. The van der Waals surface area contributed by atoms with Crippen molar-refractivity contribution in [1.29, 1.82) is 0 Å². The normalized spacial score (nSPS) is 29.1. The Hall–Kier alpha value is -1.17. The van der Waals surface area contributed by atoms with Gasteiger partial charge in [0, 0.05) is 18.1 Å². The zero-order valence-corrected chi connectivity index (χ0v) is 15.3. The van der Waals surface area contributed by atoms with E-state index in [0.717, 1.165) is 45.2 Å². The first-order valence-electron chi connectivity index (χ1n) is 9.63. The fourth-order valence-electron chi connectivity index (χ4n) is 4.02. The fourth-order valence-corrected chi connectivity index (χ4v) is 4.02. The van der Waals surface area contributed by atoms with Gasteiger partial charge in [-0.25, -0.2) is 4.39 Å². The molecule has 0 spiro atoms. The highest BCUT2D eigenvalue weighted by Gasteiger charge is 2.35. The quantitative estimate of drug-likeness (QED) is 0.857. The lowest BCUT2D eigenvalue weighted by Crippen LogP contribution is -2.56. The second-order valence-electron chi connectivity index (χ2n) is 7.71. The molecule has 1 aromatic carbocycles. The van der Waals surface area contributed by atoms with Crippen molar-refractivity contribution in [3.05, 3.63) is 30.1 Å². The summed E-state index contributed by atoms with van der Waals surface area (Å²) in [6.07, 6.45) is 4.35. The largest absolute Gasteiger partial charge is 0.488 e. The molecular formula is C20H31FN2O2. The lowest BCUT2D eigenvalue weighted by molar-refractivity contribution is -0.0204. The maximum atomic E-state index is 13.0. The van der Waals surface area contributed by atoms with E-state index in [9.17, 15) is 9.50 Å². The van der Waals surface area contributed by atoms with Gasteiger partial charge >= 0.3 is 0 Å². The Labute approximate surface area is 150 Å². The van der Waals surface area contributed by atoms with Gasteiger partial charge in [0.2, 0.25) is 0 Å². The van der Waals surface area contributed by atoms with E-state index in [1.165, 1.54) is 12.1 Å². The van der Waals surface area contributed by atoms with Crippen LogP contribution in [0.15, 0.2) is 24.3 Å². The summed E-state index contributed by atoms with van der Waals surface area (Å²) in [7, 11) is 0. The summed E-state index contributed by atoms with van der Waals surface area (Å²) in [5.41, 5.74) is 0. The molecule has 2 N–H and O–H groups in total. The van der Waals surface area contributed by atoms with Crippen LogP contribution in [0.2, 0.25) is 0 Å². The highest BCUT2D eigenvalue weighted by molar-refractivity contribution is 5.22. The highest BCUT2D eigenvalue weighted by atomic mass is 19.1. The van der Waals surface area contributed by atoms with Gasteiger partial charge in [-0.1, -0.05) is 0 Å². The second kappa shape index (κ2) is 8.47. The Morgan fingerprint density at radius 3 is 2.44 bits per heavy atom. The van der Waals surface area contributed by atoms with Gasteiger partial charge < -0.3 is 20.1 Å². The van der Waals surface area contributed by atoms with Gasteiger partial charge in [0.25, 0.3) is 0 Å². The van der Waals surface area contributed by atoms with Crippen LogP contribution < -0.4 is 10.1 Å². The molecule has 5 heteroatoms. The van der Waals surface area contributed by atoms with Crippen LogP contribution in [0.5, 0.6) is 5.75 Å². The maximum absolute atomic E-state index is 13.0. The molecule has 0 aromatic heterocycles. The van der Waals surface area contributed by atoms with E-state index in [-0.39, 0.29) is 18.0 Å². The van der Waals surface area contributed by atoms with Crippen molar-refractivity contribution < 1.29 is 14.2 Å². The molecule has 0 unspecified atom stereocenters. The lowest BCUT2D eigenvalue weighted by atomic mass is 9.88. The monoisotopic (exact) mass is 350 g/mol. The third-order valence-electron chi connectivity index (χ3n) is 5.61. The minimum atomic E-state index is -0.526. The molecule has 2 aliphatic rings. The fraction of sp³-hybridized carbons (Fsp3) is 0.700. The molecule has 2 fully saturated rings. The number of aliphatic hydroxyl groups is 1. The van der Waals surface area contributed by atoms with E-state index in [4.69, 9.17) is 4.74 Å². The minimum absolute atomic E-state index is 0.0785. The Kier molecular flexibility index (Phi) is 6.31. The molecule has 1 aliphatic heterocycles. The molecule has 1 saturated carbocycles. The molecule has 0 bridgehead atoms. The Morgan fingerprint density at radius 2 is 1.80 bits per heavy atom. The smallest absolute Gasteiger partial charge is 0.126 e. The van der Waals surface area contributed by atoms with E-state index >= 15 is 0 Å². The number of aliphatic hydroxyl groups excluding tert-OH is 1. The summed E-state index contributed by atoms with van der Waals surface area (Å²) >= 11 is 0. The third kappa shape index (κ3) is 4.93. The number of hydrogen-bond donors (Lipinski definition) is 2. The number of likely N-dealkylation sites (tertiary alicyclic amines) is 1. The Balaban J connectivity index is 1.51. The molecule has 3 rings (SSSR count). The summed E-state index contributed by atoms with van der Waals surface area (Å²) < 4.78 is 18.9. The van der Waals surface area contributed by atoms with E-state index in [1.54, 1.807) is 12.1 Å². The average molecular weight is 350 g/mol. The molecule has 140 valence electrons. The SMILES string of the molecule is CC(C)N1CCC(N[C@H]2CCC[C@@H](Oc3ccc(F)cc3)[C@@H]2O)CC1. The standard InChI is InChI=1S/C20H31FN2O2/c1-14(2)23-12-10-16(11-13-23)22-18-4-3-5-19(20(18)24)25-17-8-6-15(21)7-9-17/h6-9,14,16,18-20,22,24H,3-5,10-13H2,1-2H3/t18-,19+,20+/m0/s1. The number of piperidine rings is 1. The number of rotatable bonds is 5. The van der Waals surface area contributed by atoms with Crippen LogP contribution >= 0.6 is 0 Å². The molecule has 1 heterocycles. The third-order valence-corrected chi connectivity index (χ3v) is 5.61. The van der Waals surface area contributed by atoms with Gasteiger partial charge in [0.05, 0.1) is 0 Å². The summed E-state index contributed by atoms with van der Waals surface area (Å²) in [4.78, 5) is 2.51. The van der Waals surface area contributed by atoms with Crippen molar-refractivity contribution >= 4 is 0 Å². The first kappa shape index (κ1) is 18.6. The van der Waals surface area contributed by atoms with Gasteiger partial charge in [0.1, 0.15) is 23.8 Å². The lowest BCUT2D eigenvalue weighted by Gasteiger charge is -2.40. The summed E-state index contributed by atoms with van der Waals surface area (Å²) in [6, 6.07) is 7.19. The van der Waals surface area contributed by atoms with E-state index < -0.39 is 6.10 Å². The van der Waals surface area contributed by atoms with Gasteiger partial charge in [-0.2, -0.15) is 0 Å². The molecule has 4 nitrogen and oxygen atoms in total. The molecule has 1 aromatic rings. The van der Waals surface area contributed by atoms with Crippen molar-refractivity contribution in [3.63, 3.8) is 0 Å². The van der Waals surface area contributed by atoms with Crippen LogP contribution in [0.25, 0.3) is 0 Å². The maximum Gasteiger partial charge on any atom is 0.126 e. The zero-order valence-electron chi connectivity index (χ0n) is 15.3. The van der Waals surface area contributed by atoms with Crippen LogP contribution in [0, 0.1) is 5.82 Å². The highest BCUT2D eigenvalue weighted by Crippen LogP contribution is 2.26. The molecule has 25 heavy (non-hydrogen) atoms. The summed E-state index contributed by atoms with van der Waals surface area (Å²) in [5.74, 6) is 0.347. The molecular weight excluding hydrogens is 319 g/mol. The first-order valence-corrected chi connectivity index (χ1v) is 9.63. The second-order valence-corrected chi connectivity index (χ2v) is 7.71. The minimum Gasteiger partial charge on any atom is -0.488 e. The predicted molar refractivity (Wildman–Crippen MR) is 97.3 cm³/mol. The van der Waals surface area contributed by atoms with Crippen molar-refractivity contribution in [3.8, 4) is 5.75 Å². The number of nitrogens with one attached hydrogen (secondary N) is 1. The van der Waals surface area contributed by atoms with Crippen LogP contribution in [-0.4, -0.2) is 53.4 Å². The molecule has 0 amide bonds.